The largest absolute Gasteiger partial charge is 0.573 e. The molecular weight excluding hydrogens is 439 g/mol. The Morgan fingerprint density at radius 3 is 2.29 bits per heavy atom. The number of aromatic hydroxyl groups is 1. The number of hydrogen-bond acceptors (Lipinski definition) is 6. The zero-order chi connectivity index (χ0) is 23.1. The number of benzene rings is 2. The summed E-state index contributed by atoms with van der Waals surface area (Å²) in [5.74, 6) is -1.30. The highest BCUT2D eigenvalue weighted by Crippen LogP contribution is 2.24. The van der Waals surface area contributed by atoms with E-state index in [1.54, 1.807) is 0 Å². The molecule has 2 rings (SSSR count). The quantitative estimate of drug-likeness (QED) is 0.496. The molecule has 1 atom stereocenters. The van der Waals surface area contributed by atoms with Crippen LogP contribution in [-0.2, 0) is 21.2 Å². The van der Waals surface area contributed by atoms with Crippen LogP contribution in [-0.4, -0.2) is 38.4 Å². The average Bonchev–Trinajstić information content (AvgIpc) is 2.68. The summed E-state index contributed by atoms with van der Waals surface area (Å²) in [5.41, 5.74) is 0.537. The molecule has 3 N–H and O–H groups in total. The summed E-state index contributed by atoms with van der Waals surface area (Å²) in [5, 5.41) is 20.4. The molecule has 0 aliphatic rings. The highest BCUT2D eigenvalue weighted by atomic mass is 32.2. The number of alkyl halides is 3. The molecule has 1 unspecified atom stereocenters. The smallest absolute Gasteiger partial charge is 0.508 e. The summed E-state index contributed by atoms with van der Waals surface area (Å²) >= 11 is 0. The first-order valence-corrected chi connectivity index (χ1v) is 10.3. The third-order valence-electron chi connectivity index (χ3n) is 3.89. The van der Waals surface area contributed by atoms with Gasteiger partial charge >= 0.3 is 6.36 Å². The highest BCUT2D eigenvalue weighted by Gasteiger charge is 2.31. The molecule has 0 spiro atoms. The van der Waals surface area contributed by atoms with Gasteiger partial charge in [0.1, 0.15) is 17.5 Å². The molecule has 31 heavy (non-hydrogen) atoms. The standard InChI is InChI=1S/C19H18F3N3O5S/c20-19(21,22)30-15-6-8-16(9-7-15)31(28,29)25-17(18(27)24-11-1-10-23)12-13-2-4-14(26)5-3-13/h2-9,17,25-26H,1,11-12H2,(H,24,27). The van der Waals surface area contributed by atoms with E-state index in [-0.39, 0.29) is 30.0 Å². The Labute approximate surface area is 176 Å². The predicted molar refractivity (Wildman–Crippen MR) is 102 cm³/mol. The van der Waals surface area contributed by atoms with Crippen LogP contribution >= 0.6 is 0 Å². The van der Waals surface area contributed by atoms with Crippen molar-refractivity contribution in [3.8, 4) is 17.6 Å². The van der Waals surface area contributed by atoms with Gasteiger partial charge in [0.25, 0.3) is 0 Å². The van der Waals surface area contributed by atoms with Crippen molar-refractivity contribution in [2.24, 2.45) is 0 Å². The minimum atomic E-state index is -4.92. The van der Waals surface area contributed by atoms with Gasteiger partial charge in [-0.25, -0.2) is 8.42 Å². The molecule has 8 nitrogen and oxygen atoms in total. The first kappa shape index (κ1) is 24.0. The van der Waals surface area contributed by atoms with E-state index in [4.69, 9.17) is 5.26 Å². The van der Waals surface area contributed by atoms with Crippen molar-refractivity contribution < 1.29 is 36.2 Å². The third-order valence-corrected chi connectivity index (χ3v) is 5.38. The summed E-state index contributed by atoms with van der Waals surface area (Å²) in [6, 6.07) is 9.80. The lowest BCUT2D eigenvalue weighted by Gasteiger charge is -2.19. The Hall–Kier alpha value is -3.30. The van der Waals surface area contributed by atoms with Crippen LogP contribution in [0, 0.1) is 11.3 Å². The molecule has 0 aromatic heterocycles. The SMILES string of the molecule is N#CCCNC(=O)C(Cc1ccc(O)cc1)NS(=O)(=O)c1ccc(OC(F)(F)F)cc1. The van der Waals surface area contributed by atoms with E-state index in [1.165, 1.54) is 24.3 Å². The van der Waals surface area contributed by atoms with E-state index >= 15 is 0 Å². The minimum Gasteiger partial charge on any atom is -0.508 e. The second-order valence-corrected chi connectivity index (χ2v) is 7.98. The van der Waals surface area contributed by atoms with E-state index < -0.39 is 34.1 Å². The molecule has 0 heterocycles. The van der Waals surface area contributed by atoms with Gasteiger partial charge in [-0.3, -0.25) is 4.79 Å². The number of nitrogens with one attached hydrogen (secondary N) is 2. The molecule has 0 saturated carbocycles. The molecule has 166 valence electrons. The number of phenols is 1. The number of hydrogen-bond donors (Lipinski definition) is 3. The molecule has 0 aliphatic carbocycles. The third kappa shape index (κ3) is 7.80. The molecule has 0 radical (unpaired) electrons. The van der Waals surface area contributed by atoms with Crippen molar-refractivity contribution in [3.63, 3.8) is 0 Å². The van der Waals surface area contributed by atoms with Gasteiger partial charge < -0.3 is 15.2 Å². The van der Waals surface area contributed by atoms with Crippen LogP contribution < -0.4 is 14.8 Å². The van der Waals surface area contributed by atoms with Crippen LogP contribution in [0.1, 0.15) is 12.0 Å². The Kier molecular flexibility index (Phi) is 7.84. The van der Waals surface area contributed by atoms with Gasteiger partial charge in [-0.2, -0.15) is 9.98 Å². The van der Waals surface area contributed by atoms with Crippen LogP contribution in [0.3, 0.4) is 0 Å². The van der Waals surface area contributed by atoms with Gasteiger partial charge in [-0.1, -0.05) is 12.1 Å². The van der Waals surface area contributed by atoms with E-state index in [2.05, 4.69) is 14.8 Å². The van der Waals surface area contributed by atoms with Gasteiger partial charge in [0.15, 0.2) is 0 Å². The predicted octanol–water partition coefficient (Wildman–Crippen LogP) is 2.21. The number of sulfonamides is 1. The number of rotatable bonds is 9. The molecule has 2 aromatic carbocycles. The maximum Gasteiger partial charge on any atom is 0.573 e. The van der Waals surface area contributed by atoms with Gasteiger partial charge in [0.2, 0.25) is 15.9 Å². The normalized spacial score (nSPS) is 12.6. The first-order chi connectivity index (χ1) is 14.5. The number of phenolic OH excluding ortho intramolecular Hbond substituents is 1. The van der Waals surface area contributed by atoms with Gasteiger partial charge in [0.05, 0.1) is 17.4 Å². The number of halogens is 3. The zero-order valence-corrected chi connectivity index (χ0v) is 16.7. The Balaban J connectivity index is 2.21. The van der Waals surface area contributed by atoms with Crippen molar-refractivity contribution >= 4 is 15.9 Å². The van der Waals surface area contributed by atoms with E-state index in [9.17, 15) is 31.5 Å². The average molecular weight is 457 g/mol. The maximum atomic E-state index is 12.7. The van der Waals surface area contributed by atoms with Crippen molar-refractivity contribution in [3.05, 3.63) is 54.1 Å². The number of nitriles is 1. The highest BCUT2D eigenvalue weighted by molar-refractivity contribution is 7.89. The fourth-order valence-electron chi connectivity index (χ4n) is 2.50. The first-order valence-electron chi connectivity index (χ1n) is 8.81. The molecule has 0 bridgehead atoms. The van der Waals surface area contributed by atoms with Crippen molar-refractivity contribution in [2.75, 3.05) is 6.54 Å². The van der Waals surface area contributed by atoms with Gasteiger partial charge in [-0.15, -0.1) is 13.2 Å². The van der Waals surface area contributed by atoms with Gasteiger partial charge in [-0.05, 0) is 48.4 Å². The monoisotopic (exact) mass is 457 g/mol. The van der Waals surface area contributed by atoms with E-state index in [0.29, 0.717) is 5.56 Å². The van der Waals surface area contributed by atoms with Crippen LogP contribution in [0.5, 0.6) is 11.5 Å². The molecule has 1 amide bonds. The summed E-state index contributed by atoms with van der Waals surface area (Å²) in [7, 11) is -4.29. The van der Waals surface area contributed by atoms with Crippen molar-refractivity contribution in [2.45, 2.75) is 30.1 Å². The van der Waals surface area contributed by atoms with Crippen LogP contribution in [0.15, 0.2) is 53.4 Å². The second kappa shape index (κ2) is 10.1. The fourth-order valence-corrected chi connectivity index (χ4v) is 3.69. The van der Waals surface area contributed by atoms with Crippen molar-refractivity contribution in [1.29, 1.82) is 5.26 Å². The summed E-state index contributed by atoms with van der Waals surface area (Å²) < 4.78 is 68.1. The van der Waals surface area contributed by atoms with E-state index in [0.717, 1.165) is 24.3 Å². The lowest BCUT2D eigenvalue weighted by atomic mass is 10.1. The molecule has 2 aromatic rings. The summed E-state index contributed by atoms with van der Waals surface area (Å²) in [6.45, 7) is 0.00656. The molecule has 0 fully saturated rings. The number of nitrogens with zero attached hydrogens (tertiary/aromatic N) is 1. The fraction of sp³-hybridized carbons (Fsp3) is 0.263. The molecular formula is C19H18F3N3O5S. The number of ether oxygens (including phenoxy) is 1. The van der Waals surface area contributed by atoms with E-state index in [1.807, 2.05) is 6.07 Å². The topological polar surface area (TPSA) is 129 Å². The Morgan fingerprint density at radius 2 is 1.74 bits per heavy atom. The molecule has 0 saturated heterocycles. The van der Waals surface area contributed by atoms with Crippen molar-refractivity contribution in [1.82, 2.24) is 10.0 Å². The molecule has 12 heteroatoms. The van der Waals surface area contributed by atoms with Crippen LogP contribution in [0.25, 0.3) is 0 Å². The zero-order valence-electron chi connectivity index (χ0n) is 15.9. The van der Waals surface area contributed by atoms with Gasteiger partial charge in [0, 0.05) is 6.54 Å². The number of amides is 1. The minimum absolute atomic E-state index is 0.00656. The van der Waals surface area contributed by atoms with Crippen LogP contribution in [0.2, 0.25) is 0 Å². The number of carbonyl (C=O) groups is 1. The number of carbonyl (C=O) groups excluding carboxylic acids is 1. The van der Waals surface area contributed by atoms with Crippen LogP contribution in [0.4, 0.5) is 13.2 Å². The maximum absolute atomic E-state index is 12.7. The molecule has 0 aliphatic heterocycles. The Morgan fingerprint density at radius 1 is 1.13 bits per heavy atom. The lowest BCUT2D eigenvalue weighted by Crippen LogP contribution is -2.48. The Bertz CT molecular complexity index is 1030. The lowest BCUT2D eigenvalue weighted by molar-refractivity contribution is -0.274. The summed E-state index contributed by atoms with van der Waals surface area (Å²) in [4.78, 5) is 12.1. The summed E-state index contributed by atoms with van der Waals surface area (Å²) in [6.07, 6.45) is -4.98. The second-order valence-electron chi connectivity index (χ2n) is 6.26.